The fourth-order valence-corrected chi connectivity index (χ4v) is 3.91. The van der Waals surface area contributed by atoms with E-state index in [4.69, 9.17) is 4.74 Å². The van der Waals surface area contributed by atoms with Gasteiger partial charge in [-0.3, -0.25) is 9.78 Å². The van der Waals surface area contributed by atoms with Gasteiger partial charge in [0.2, 0.25) is 0 Å². The van der Waals surface area contributed by atoms with E-state index < -0.39 is 11.8 Å². The summed E-state index contributed by atoms with van der Waals surface area (Å²) in [7, 11) is 0. The van der Waals surface area contributed by atoms with Crippen LogP contribution in [0.15, 0.2) is 24.5 Å². The third-order valence-electron chi connectivity index (χ3n) is 5.39. The first-order chi connectivity index (χ1) is 14.0. The SMILES string of the molecule is C[C@@H]1CN(c2cnc(C#N)c3ncccc23)CC(C(=O)NC[C@]2(F)CCNC2)O1. The van der Waals surface area contributed by atoms with Crippen LogP contribution >= 0.6 is 0 Å². The maximum atomic E-state index is 14.5. The molecule has 2 aromatic rings. The molecule has 2 aliphatic rings. The fourth-order valence-electron chi connectivity index (χ4n) is 3.91. The third-order valence-corrected chi connectivity index (χ3v) is 5.39. The van der Waals surface area contributed by atoms with Crippen LogP contribution in [0.25, 0.3) is 10.9 Å². The van der Waals surface area contributed by atoms with Crippen molar-refractivity contribution in [1.82, 2.24) is 20.6 Å². The number of nitriles is 1. The summed E-state index contributed by atoms with van der Waals surface area (Å²) in [6.07, 6.45) is 2.72. The largest absolute Gasteiger partial charge is 0.364 e. The van der Waals surface area contributed by atoms with E-state index in [9.17, 15) is 14.4 Å². The van der Waals surface area contributed by atoms with Gasteiger partial charge in [0.15, 0.2) is 11.8 Å². The minimum atomic E-state index is -1.41. The van der Waals surface area contributed by atoms with Gasteiger partial charge in [0, 0.05) is 24.7 Å². The number of nitrogens with one attached hydrogen (secondary N) is 2. The molecule has 2 aliphatic heterocycles. The second-order valence-corrected chi connectivity index (χ2v) is 7.64. The highest BCUT2D eigenvalue weighted by molar-refractivity contribution is 5.94. The first kappa shape index (κ1) is 19.5. The number of hydrogen-bond donors (Lipinski definition) is 2. The van der Waals surface area contributed by atoms with Gasteiger partial charge in [-0.2, -0.15) is 5.26 Å². The molecular formula is C20H23FN6O2. The van der Waals surface area contributed by atoms with Gasteiger partial charge in [-0.1, -0.05) is 0 Å². The molecular weight excluding hydrogens is 375 g/mol. The van der Waals surface area contributed by atoms with Crippen molar-refractivity contribution in [1.29, 1.82) is 5.26 Å². The van der Waals surface area contributed by atoms with E-state index in [-0.39, 0.29) is 30.8 Å². The molecule has 0 bridgehead atoms. The summed E-state index contributed by atoms with van der Waals surface area (Å²) < 4.78 is 20.4. The van der Waals surface area contributed by atoms with Crippen molar-refractivity contribution in [2.75, 3.05) is 37.6 Å². The van der Waals surface area contributed by atoms with Crippen molar-refractivity contribution in [2.45, 2.75) is 31.2 Å². The van der Waals surface area contributed by atoms with Crippen LogP contribution in [-0.4, -0.2) is 66.5 Å². The first-order valence-corrected chi connectivity index (χ1v) is 9.71. The van der Waals surface area contributed by atoms with E-state index in [0.29, 0.717) is 31.6 Å². The molecule has 2 fully saturated rings. The number of carbonyl (C=O) groups is 1. The van der Waals surface area contributed by atoms with Crippen molar-refractivity contribution in [3.63, 3.8) is 0 Å². The molecule has 0 aliphatic carbocycles. The zero-order valence-electron chi connectivity index (χ0n) is 16.2. The van der Waals surface area contributed by atoms with Gasteiger partial charge < -0.3 is 20.3 Å². The topological polar surface area (TPSA) is 103 Å². The number of pyridine rings is 2. The van der Waals surface area contributed by atoms with Gasteiger partial charge in [-0.25, -0.2) is 9.37 Å². The Labute approximate surface area is 168 Å². The highest BCUT2D eigenvalue weighted by Gasteiger charge is 2.36. The number of anilines is 1. The normalized spacial score (nSPS) is 27.0. The third kappa shape index (κ3) is 3.99. The molecule has 29 heavy (non-hydrogen) atoms. The summed E-state index contributed by atoms with van der Waals surface area (Å²) in [6, 6.07) is 5.75. The average molecular weight is 398 g/mol. The van der Waals surface area contributed by atoms with Crippen LogP contribution < -0.4 is 15.5 Å². The van der Waals surface area contributed by atoms with Crippen LogP contribution in [0.5, 0.6) is 0 Å². The monoisotopic (exact) mass is 398 g/mol. The molecule has 4 heterocycles. The number of hydrogen-bond acceptors (Lipinski definition) is 7. The van der Waals surface area contributed by atoms with Gasteiger partial charge in [0.1, 0.15) is 17.3 Å². The molecule has 4 rings (SSSR count). The first-order valence-electron chi connectivity index (χ1n) is 9.71. The van der Waals surface area contributed by atoms with E-state index in [2.05, 4.69) is 26.7 Å². The van der Waals surface area contributed by atoms with E-state index in [0.717, 1.165) is 11.1 Å². The Kier molecular flexibility index (Phi) is 5.30. The van der Waals surface area contributed by atoms with Gasteiger partial charge >= 0.3 is 0 Å². The maximum absolute atomic E-state index is 14.5. The van der Waals surface area contributed by atoms with Crippen molar-refractivity contribution in [3.05, 3.63) is 30.2 Å². The number of amides is 1. The van der Waals surface area contributed by atoms with Crippen LogP contribution in [0.3, 0.4) is 0 Å². The second kappa shape index (κ2) is 7.89. The molecule has 1 unspecified atom stereocenters. The van der Waals surface area contributed by atoms with Crippen molar-refractivity contribution in [3.8, 4) is 6.07 Å². The minimum Gasteiger partial charge on any atom is -0.364 e. The van der Waals surface area contributed by atoms with Gasteiger partial charge in [-0.15, -0.1) is 0 Å². The van der Waals surface area contributed by atoms with Crippen LogP contribution in [-0.2, 0) is 9.53 Å². The lowest BCUT2D eigenvalue weighted by atomic mass is 10.1. The Morgan fingerprint density at radius 3 is 3.14 bits per heavy atom. The molecule has 0 spiro atoms. The average Bonchev–Trinajstić information content (AvgIpc) is 3.17. The number of morpholine rings is 1. The number of nitrogens with zero attached hydrogens (tertiary/aromatic N) is 4. The molecule has 0 aromatic carbocycles. The Bertz CT molecular complexity index is 956. The summed E-state index contributed by atoms with van der Waals surface area (Å²) in [4.78, 5) is 23.2. The van der Waals surface area contributed by atoms with E-state index >= 15 is 0 Å². The minimum absolute atomic E-state index is 0.0294. The van der Waals surface area contributed by atoms with E-state index in [1.54, 1.807) is 18.5 Å². The molecule has 9 heteroatoms. The predicted molar refractivity (Wildman–Crippen MR) is 105 cm³/mol. The number of carbonyl (C=O) groups excluding carboxylic acids is 1. The van der Waals surface area contributed by atoms with Crippen molar-refractivity contribution in [2.24, 2.45) is 0 Å². The van der Waals surface area contributed by atoms with Crippen LogP contribution in [0, 0.1) is 11.3 Å². The molecule has 2 N–H and O–H groups in total. The summed E-state index contributed by atoms with van der Waals surface area (Å²) in [5, 5.41) is 15.8. The number of rotatable bonds is 4. The molecule has 3 atom stereocenters. The molecule has 152 valence electrons. The van der Waals surface area contributed by atoms with Crippen molar-refractivity contribution < 1.29 is 13.9 Å². The predicted octanol–water partition coefficient (Wildman–Crippen LogP) is 0.913. The second-order valence-electron chi connectivity index (χ2n) is 7.64. The fraction of sp³-hybridized carbons (Fsp3) is 0.500. The number of ether oxygens (including phenoxy) is 1. The van der Waals surface area contributed by atoms with Crippen LogP contribution in [0.2, 0.25) is 0 Å². The molecule has 2 saturated heterocycles. The molecule has 0 radical (unpaired) electrons. The Morgan fingerprint density at radius 2 is 2.38 bits per heavy atom. The zero-order valence-corrected chi connectivity index (χ0v) is 16.2. The van der Waals surface area contributed by atoms with Gasteiger partial charge in [0.05, 0.1) is 31.1 Å². The standard InChI is InChI=1S/C20H23FN6O2/c1-13-9-27(16-8-25-15(7-22)18-14(16)3-2-5-24-18)10-17(29-13)19(28)26-12-20(21)4-6-23-11-20/h2-3,5,8,13,17,23H,4,6,9-12H2,1H3,(H,26,28)/t13-,17?,20+/m1/s1. The number of alkyl halides is 1. The quantitative estimate of drug-likeness (QED) is 0.789. The summed E-state index contributed by atoms with van der Waals surface area (Å²) >= 11 is 0. The van der Waals surface area contributed by atoms with Gasteiger partial charge in [0.25, 0.3) is 5.91 Å². The molecule has 0 saturated carbocycles. The van der Waals surface area contributed by atoms with Gasteiger partial charge in [-0.05, 0) is 32.0 Å². The maximum Gasteiger partial charge on any atom is 0.251 e. The summed E-state index contributed by atoms with van der Waals surface area (Å²) in [5.41, 5.74) is 0.176. The number of fused-ring (bicyclic) bond motifs is 1. The summed E-state index contributed by atoms with van der Waals surface area (Å²) in [5.74, 6) is -0.325. The highest BCUT2D eigenvalue weighted by atomic mass is 19.1. The lowest BCUT2D eigenvalue weighted by Crippen LogP contribution is -2.54. The smallest absolute Gasteiger partial charge is 0.251 e. The van der Waals surface area contributed by atoms with Crippen molar-refractivity contribution >= 4 is 22.5 Å². The van der Waals surface area contributed by atoms with E-state index in [1.165, 1.54) is 0 Å². The Balaban J connectivity index is 1.53. The summed E-state index contributed by atoms with van der Waals surface area (Å²) in [6.45, 7) is 3.60. The molecule has 1 amide bonds. The highest BCUT2D eigenvalue weighted by Crippen LogP contribution is 2.29. The Morgan fingerprint density at radius 1 is 1.52 bits per heavy atom. The van der Waals surface area contributed by atoms with Crippen LogP contribution in [0.4, 0.5) is 10.1 Å². The van der Waals surface area contributed by atoms with E-state index in [1.807, 2.05) is 17.9 Å². The zero-order chi connectivity index (χ0) is 20.4. The lowest BCUT2D eigenvalue weighted by Gasteiger charge is -2.38. The van der Waals surface area contributed by atoms with Crippen LogP contribution in [0.1, 0.15) is 19.0 Å². The lowest BCUT2D eigenvalue weighted by molar-refractivity contribution is -0.137. The molecule has 2 aromatic heterocycles. The number of halogens is 1. The Hall–Kier alpha value is -2.83. The number of aromatic nitrogens is 2. The molecule has 8 nitrogen and oxygen atoms in total.